The molecule has 0 amide bonds. The summed E-state index contributed by atoms with van der Waals surface area (Å²) < 4.78 is 13.3. The zero-order valence-corrected chi connectivity index (χ0v) is 11.1. The molecule has 100 valence electrons. The van der Waals surface area contributed by atoms with Crippen molar-refractivity contribution < 1.29 is 4.39 Å². The number of hydrogen-bond donors (Lipinski definition) is 1. The fraction of sp³-hybridized carbons (Fsp3) is 0.125. The van der Waals surface area contributed by atoms with Gasteiger partial charge in [0.1, 0.15) is 18.0 Å². The van der Waals surface area contributed by atoms with Crippen LogP contribution < -0.4 is 5.32 Å². The molecule has 0 atom stereocenters. The smallest absolute Gasteiger partial charge is 0.137 e. The monoisotopic (exact) mass is 267 g/mol. The van der Waals surface area contributed by atoms with E-state index < -0.39 is 0 Å². The van der Waals surface area contributed by atoms with Crippen molar-refractivity contribution in [2.45, 2.75) is 13.5 Å². The summed E-state index contributed by atoms with van der Waals surface area (Å²) in [5, 5.41) is 3.93. The molecule has 0 radical (unpaired) electrons. The Morgan fingerprint density at radius 2 is 1.85 bits per heavy atom. The van der Waals surface area contributed by atoms with Crippen molar-refractivity contribution >= 4 is 16.7 Å². The zero-order valence-electron chi connectivity index (χ0n) is 11.1. The Labute approximate surface area is 116 Å². The quantitative estimate of drug-likeness (QED) is 0.786. The lowest BCUT2D eigenvalue weighted by Crippen LogP contribution is -2.02. The van der Waals surface area contributed by atoms with Crippen LogP contribution in [0.25, 0.3) is 10.9 Å². The van der Waals surface area contributed by atoms with Gasteiger partial charge in [0.15, 0.2) is 0 Å². The Balaban J connectivity index is 1.87. The molecule has 0 unspecified atom stereocenters. The van der Waals surface area contributed by atoms with Gasteiger partial charge in [-0.3, -0.25) is 0 Å². The van der Waals surface area contributed by atoms with Crippen LogP contribution >= 0.6 is 0 Å². The van der Waals surface area contributed by atoms with Crippen LogP contribution in [0.2, 0.25) is 0 Å². The molecule has 0 saturated heterocycles. The summed E-state index contributed by atoms with van der Waals surface area (Å²) in [5.41, 5.74) is 3.11. The molecule has 1 aromatic heterocycles. The molecule has 0 saturated carbocycles. The summed E-state index contributed by atoms with van der Waals surface area (Å²) in [6, 6.07) is 12.8. The van der Waals surface area contributed by atoms with Crippen LogP contribution in [0.1, 0.15) is 11.1 Å². The molecule has 3 nitrogen and oxygen atoms in total. The van der Waals surface area contributed by atoms with Crippen molar-refractivity contribution in [2.75, 3.05) is 5.32 Å². The van der Waals surface area contributed by atoms with Gasteiger partial charge in [0.05, 0.1) is 5.52 Å². The number of rotatable bonds is 3. The van der Waals surface area contributed by atoms with Gasteiger partial charge in [-0.2, -0.15) is 0 Å². The second-order valence-electron chi connectivity index (χ2n) is 4.72. The summed E-state index contributed by atoms with van der Waals surface area (Å²) >= 11 is 0. The molecule has 20 heavy (non-hydrogen) atoms. The van der Waals surface area contributed by atoms with E-state index in [2.05, 4.69) is 46.5 Å². The number of benzene rings is 2. The van der Waals surface area contributed by atoms with E-state index in [0.717, 1.165) is 11.1 Å². The maximum Gasteiger partial charge on any atom is 0.137 e. The highest BCUT2D eigenvalue weighted by molar-refractivity contribution is 5.88. The highest BCUT2D eigenvalue weighted by atomic mass is 19.1. The third-order valence-electron chi connectivity index (χ3n) is 3.18. The van der Waals surface area contributed by atoms with Crippen molar-refractivity contribution in [1.82, 2.24) is 9.97 Å². The van der Waals surface area contributed by atoms with Crippen molar-refractivity contribution in [3.63, 3.8) is 0 Å². The number of halogens is 1. The predicted octanol–water partition coefficient (Wildman–Crippen LogP) is 3.69. The number of hydrogen-bond acceptors (Lipinski definition) is 3. The van der Waals surface area contributed by atoms with Gasteiger partial charge in [0.2, 0.25) is 0 Å². The Morgan fingerprint density at radius 1 is 1.05 bits per heavy atom. The van der Waals surface area contributed by atoms with Gasteiger partial charge in [-0.15, -0.1) is 0 Å². The Kier molecular flexibility index (Phi) is 3.29. The summed E-state index contributed by atoms with van der Waals surface area (Å²) in [6.07, 6.45) is 1.48. The first-order chi connectivity index (χ1) is 9.72. The average molecular weight is 267 g/mol. The van der Waals surface area contributed by atoms with E-state index in [1.807, 2.05) is 0 Å². The summed E-state index contributed by atoms with van der Waals surface area (Å²) in [7, 11) is 0. The molecule has 0 aliphatic rings. The van der Waals surface area contributed by atoms with Crippen LogP contribution in [0.3, 0.4) is 0 Å². The summed E-state index contributed by atoms with van der Waals surface area (Å²) in [5.74, 6) is 0.362. The van der Waals surface area contributed by atoms with E-state index in [4.69, 9.17) is 0 Å². The predicted molar refractivity (Wildman–Crippen MR) is 78.0 cm³/mol. The lowest BCUT2D eigenvalue weighted by Gasteiger charge is -2.08. The lowest BCUT2D eigenvalue weighted by molar-refractivity contribution is 0.629. The van der Waals surface area contributed by atoms with E-state index in [1.54, 1.807) is 6.07 Å². The highest BCUT2D eigenvalue weighted by Gasteiger charge is 2.04. The van der Waals surface area contributed by atoms with E-state index in [9.17, 15) is 4.39 Å². The molecule has 2 aromatic carbocycles. The fourth-order valence-corrected chi connectivity index (χ4v) is 2.06. The molecule has 0 bridgehead atoms. The molecule has 1 heterocycles. The molecular formula is C16H14FN3. The van der Waals surface area contributed by atoms with Gasteiger partial charge < -0.3 is 5.32 Å². The number of fused-ring (bicyclic) bond motifs is 1. The number of anilines is 1. The minimum absolute atomic E-state index is 0.286. The van der Waals surface area contributed by atoms with Crippen LogP contribution in [-0.4, -0.2) is 9.97 Å². The van der Waals surface area contributed by atoms with Crippen LogP contribution in [0.4, 0.5) is 10.2 Å². The maximum atomic E-state index is 13.3. The maximum absolute atomic E-state index is 13.3. The summed E-state index contributed by atoms with van der Waals surface area (Å²) in [6.45, 7) is 2.70. The zero-order chi connectivity index (χ0) is 13.9. The first kappa shape index (κ1) is 12.5. The van der Waals surface area contributed by atoms with Crippen LogP contribution in [0.15, 0.2) is 48.8 Å². The molecule has 0 fully saturated rings. The molecular weight excluding hydrogens is 253 g/mol. The SMILES string of the molecule is Cc1ccc(CNc2ncnc3ccc(F)cc23)cc1. The molecule has 0 aliphatic carbocycles. The molecule has 4 heteroatoms. The van der Waals surface area contributed by atoms with Crippen molar-refractivity contribution in [3.8, 4) is 0 Å². The van der Waals surface area contributed by atoms with Gasteiger partial charge in [0, 0.05) is 11.9 Å². The van der Waals surface area contributed by atoms with Gasteiger partial charge in [-0.1, -0.05) is 29.8 Å². The lowest BCUT2D eigenvalue weighted by atomic mass is 10.1. The molecule has 3 rings (SSSR count). The second-order valence-corrected chi connectivity index (χ2v) is 4.72. The van der Waals surface area contributed by atoms with E-state index in [0.29, 0.717) is 17.7 Å². The number of nitrogens with one attached hydrogen (secondary N) is 1. The molecule has 0 aliphatic heterocycles. The fourth-order valence-electron chi connectivity index (χ4n) is 2.06. The van der Waals surface area contributed by atoms with Crippen LogP contribution in [0.5, 0.6) is 0 Å². The second kappa shape index (κ2) is 5.25. The van der Waals surface area contributed by atoms with Crippen molar-refractivity contribution in [2.24, 2.45) is 0 Å². The number of nitrogens with zero attached hydrogens (tertiary/aromatic N) is 2. The number of aryl methyl sites for hydroxylation is 1. The highest BCUT2D eigenvalue weighted by Crippen LogP contribution is 2.20. The Bertz CT molecular complexity index is 738. The van der Waals surface area contributed by atoms with Crippen LogP contribution in [0, 0.1) is 12.7 Å². The first-order valence-electron chi connectivity index (χ1n) is 6.42. The van der Waals surface area contributed by atoms with Crippen molar-refractivity contribution in [3.05, 3.63) is 65.7 Å². The Hall–Kier alpha value is -2.49. The van der Waals surface area contributed by atoms with Crippen LogP contribution in [-0.2, 0) is 6.54 Å². The molecule has 0 spiro atoms. The topological polar surface area (TPSA) is 37.8 Å². The van der Waals surface area contributed by atoms with Gasteiger partial charge in [-0.25, -0.2) is 14.4 Å². The van der Waals surface area contributed by atoms with Gasteiger partial charge in [0.25, 0.3) is 0 Å². The third-order valence-corrected chi connectivity index (χ3v) is 3.18. The van der Waals surface area contributed by atoms with Gasteiger partial charge >= 0.3 is 0 Å². The van der Waals surface area contributed by atoms with Crippen molar-refractivity contribution in [1.29, 1.82) is 0 Å². The average Bonchev–Trinajstić information content (AvgIpc) is 2.47. The third kappa shape index (κ3) is 2.59. The number of aromatic nitrogens is 2. The summed E-state index contributed by atoms with van der Waals surface area (Å²) in [4.78, 5) is 8.32. The normalized spacial score (nSPS) is 10.7. The largest absolute Gasteiger partial charge is 0.365 e. The minimum Gasteiger partial charge on any atom is -0.365 e. The van der Waals surface area contributed by atoms with E-state index in [-0.39, 0.29) is 5.82 Å². The Morgan fingerprint density at radius 3 is 2.65 bits per heavy atom. The van der Waals surface area contributed by atoms with E-state index in [1.165, 1.54) is 24.0 Å². The molecule has 1 N–H and O–H groups in total. The van der Waals surface area contributed by atoms with E-state index >= 15 is 0 Å². The minimum atomic E-state index is -0.286. The molecule has 3 aromatic rings. The first-order valence-corrected chi connectivity index (χ1v) is 6.42. The van der Waals surface area contributed by atoms with Gasteiger partial charge in [-0.05, 0) is 30.7 Å². The standard InChI is InChI=1S/C16H14FN3/c1-11-2-4-12(5-3-11)9-18-16-14-8-13(17)6-7-15(14)19-10-20-16/h2-8,10H,9H2,1H3,(H,18,19,20).